The smallest absolute Gasteiger partial charge is 0.224 e. The zero-order valence-electron chi connectivity index (χ0n) is 12.6. The fraction of sp³-hybridized carbons (Fsp3) is 0.562. The van der Waals surface area contributed by atoms with Crippen LogP contribution in [-0.4, -0.2) is 25.7 Å². The number of amides is 1. The number of benzene rings is 1. The van der Waals surface area contributed by atoms with E-state index < -0.39 is 0 Å². The molecule has 2 rings (SSSR count). The average Bonchev–Trinajstić information content (AvgIpc) is 2.99. The second kappa shape index (κ2) is 7.88. The van der Waals surface area contributed by atoms with Crippen LogP contribution >= 0.6 is 0 Å². The number of carbonyl (C=O) groups excluding carboxylic acids is 1. The van der Waals surface area contributed by atoms with Crippen LogP contribution in [0.5, 0.6) is 5.75 Å². The predicted octanol–water partition coefficient (Wildman–Crippen LogP) is 2.96. The molecule has 116 valence electrons. The van der Waals surface area contributed by atoms with Crippen molar-refractivity contribution in [2.24, 2.45) is 0 Å². The standard InChI is InChI=1S/C16H24N2O3/c1-20-13-8-9-15(14(17)11-13)18-16(19)7-4-10-21-12-5-2-3-6-12/h8-9,11-12H,2-7,10,17H2,1H3,(H,18,19). The fourth-order valence-corrected chi connectivity index (χ4v) is 2.53. The van der Waals surface area contributed by atoms with Crippen LogP contribution in [-0.2, 0) is 9.53 Å². The molecule has 1 aliphatic carbocycles. The Labute approximate surface area is 125 Å². The summed E-state index contributed by atoms with van der Waals surface area (Å²) in [7, 11) is 1.58. The molecule has 5 heteroatoms. The van der Waals surface area contributed by atoms with Crippen LogP contribution in [0.15, 0.2) is 18.2 Å². The van der Waals surface area contributed by atoms with Crippen molar-refractivity contribution < 1.29 is 14.3 Å². The molecule has 0 bridgehead atoms. The van der Waals surface area contributed by atoms with Gasteiger partial charge in [0.1, 0.15) is 5.75 Å². The first kappa shape index (κ1) is 15.6. The van der Waals surface area contributed by atoms with Gasteiger partial charge in [0, 0.05) is 19.1 Å². The lowest BCUT2D eigenvalue weighted by atomic mass is 10.2. The van der Waals surface area contributed by atoms with Gasteiger partial charge < -0.3 is 20.5 Å². The van der Waals surface area contributed by atoms with Crippen LogP contribution in [0.3, 0.4) is 0 Å². The molecule has 21 heavy (non-hydrogen) atoms. The van der Waals surface area contributed by atoms with Crippen LogP contribution in [0.4, 0.5) is 11.4 Å². The number of methoxy groups -OCH3 is 1. The van der Waals surface area contributed by atoms with Crippen LogP contribution in [0, 0.1) is 0 Å². The molecule has 3 N–H and O–H groups in total. The number of anilines is 2. The molecule has 0 unspecified atom stereocenters. The Morgan fingerprint density at radius 2 is 2.14 bits per heavy atom. The molecule has 5 nitrogen and oxygen atoms in total. The van der Waals surface area contributed by atoms with Gasteiger partial charge in [0.05, 0.1) is 24.6 Å². The van der Waals surface area contributed by atoms with Crippen LogP contribution in [0.1, 0.15) is 38.5 Å². The molecule has 0 saturated heterocycles. The van der Waals surface area contributed by atoms with Gasteiger partial charge in [-0.3, -0.25) is 4.79 Å². The van der Waals surface area contributed by atoms with E-state index in [0.29, 0.717) is 36.3 Å². The molecule has 1 saturated carbocycles. The van der Waals surface area contributed by atoms with Crippen molar-refractivity contribution in [3.8, 4) is 5.75 Å². The highest BCUT2D eigenvalue weighted by molar-refractivity contribution is 5.93. The van der Waals surface area contributed by atoms with E-state index in [0.717, 1.165) is 19.3 Å². The first-order chi connectivity index (χ1) is 10.2. The van der Waals surface area contributed by atoms with Crippen molar-refractivity contribution in [1.82, 2.24) is 0 Å². The van der Waals surface area contributed by atoms with E-state index in [1.54, 1.807) is 25.3 Å². The lowest BCUT2D eigenvalue weighted by Crippen LogP contribution is -2.15. The Balaban J connectivity index is 1.69. The number of carbonyl (C=O) groups is 1. The summed E-state index contributed by atoms with van der Waals surface area (Å²) in [6.45, 7) is 0.649. The summed E-state index contributed by atoms with van der Waals surface area (Å²) in [5.74, 6) is 0.636. The topological polar surface area (TPSA) is 73.6 Å². The highest BCUT2D eigenvalue weighted by Gasteiger charge is 2.15. The van der Waals surface area contributed by atoms with Gasteiger partial charge in [-0.25, -0.2) is 0 Å². The van der Waals surface area contributed by atoms with Crippen LogP contribution < -0.4 is 15.8 Å². The summed E-state index contributed by atoms with van der Waals surface area (Å²) in [6.07, 6.45) is 6.44. The number of nitrogens with one attached hydrogen (secondary N) is 1. The van der Waals surface area contributed by atoms with E-state index in [9.17, 15) is 4.79 Å². The maximum atomic E-state index is 11.9. The van der Waals surface area contributed by atoms with E-state index in [1.165, 1.54) is 12.8 Å². The SMILES string of the molecule is COc1ccc(NC(=O)CCCOC2CCCC2)c(N)c1. The number of nitrogens with two attached hydrogens (primary N) is 1. The van der Waals surface area contributed by atoms with E-state index >= 15 is 0 Å². The summed E-state index contributed by atoms with van der Waals surface area (Å²) in [6, 6.07) is 5.22. The molecule has 0 atom stereocenters. The van der Waals surface area contributed by atoms with Crippen LogP contribution in [0.2, 0.25) is 0 Å². The van der Waals surface area contributed by atoms with Gasteiger partial charge >= 0.3 is 0 Å². The van der Waals surface area contributed by atoms with Gasteiger partial charge in [0.25, 0.3) is 0 Å². The minimum absolute atomic E-state index is 0.0399. The third-order valence-electron chi connectivity index (χ3n) is 3.74. The minimum Gasteiger partial charge on any atom is -0.497 e. The highest BCUT2D eigenvalue weighted by atomic mass is 16.5. The highest BCUT2D eigenvalue weighted by Crippen LogP contribution is 2.24. The average molecular weight is 292 g/mol. The zero-order chi connectivity index (χ0) is 15.1. The summed E-state index contributed by atoms with van der Waals surface area (Å²) in [5.41, 5.74) is 6.99. The van der Waals surface area contributed by atoms with Gasteiger partial charge in [-0.05, 0) is 31.4 Å². The molecule has 1 aliphatic rings. The quantitative estimate of drug-likeness (QED) is 0.598. The number of hydrogen-bond donors (Lipinski definition) is 2. The summed E-state index contributed by atoms with van der Waals surface area (Å²) < 4.78 is 10.8. The predicted molar refractivity (Wildman–Crippen MR) is 83.5 cm³/mol. The molecule has 1 fully saturated rings. The van der Waals surface area contributed by atoms with Gasteiger partial charge in [-0.2, -0.15) is 0 Å². The lowest BCUT2D eigenvalue weighted by molar-refractivity contribution is -0.116. The van der Waals surface area contributed by atoms with E-state index in [1.807, 2.05) is 0 Å². The number of ether oxygens (including phenoxy) is 2. The summed E-state index contributed by atoms with van der Waals surface area (Å²) in [4.78, 5) is 11.9. The Morgan fingerprint density at radius 3 is 2.81 bits per heavy atom. The van der Waals surface area contributed by atoms with Gasteiger partial charge in [-0.15, -0.1) is 0 Å². The van der Waals surface area contributed by atoms with E-state index in [2.05, 4.69) is 5.32 Å². The van der Waals surface area contributed by atoms with Crippen molar-refractivity contribution in [1.29, 1.82) is 0 Å². The molecule has 1 aromatic rings. The molecule has 1 aromatic carbocycles. The number of nitrogen functional groups attached to an aromatic ring is 1. The Bertz CT molecular complexity index is 471. The molecule has 0 radical (unpaired) electrons. The van der Waals surface area contributed by atoms with E-state index in [-0.39, 0.29) is 5.91 Å². The first-order valence-electron chi connectivity index (χ1n) is 7.54. The number of hydrogen-bond acceptors (Lipinski definition) is 4. The zero-order valence-corrected chi connectivity index (χ0v) is 12.6. The Hall–Kier alpha value is -1.75. The molecule has 0 aliphatic heterocycles. The van der Waals surface area contributed by atoms with Crippen molar-refractivity contribution in [3.63, 3.8) is 0 Å². The molecule has 0 spiro atoms. The van der Waals surface area contributed by atoms with Crippen molar-refractivity contribution >= 4 is 17.3 Å². The second-order valence-electron chi connectivity index (χ2n) is 5.38. The largest absolute Gasteiger partial charge is 0.497 e. The maximum absolute atomic E-state index is 11.9. The second-order valence-corrected chi connectivity index (χ2v) is 5.38. The van der Waals surface area contributed by atoms with Crippen molar-refractivity contribution in [2.45, 2.75) is 44.6 Å². The fourth-order valence-electron chi connectivity index (χ4n) is 2.53. The van der Waals surface area contributed by atoms with Crippen LogP contribution in [0.25, 0.3) is 0 Å². The molecular weight excluding hydrogens is 268 g/mol. The summed E-state index contributed by atoms with van der Waals surface area (Å²) in [5, 5.41) is 2.81. The van der Waals surface area contributed by atoms with Crippen molar-refractivity contribution in [3.05, 3.63) is 18.2 Å². The maximum Gasteiger partial charge on any atom is 0.224 e. The Kier molecular flexibility index (Phi) is 5.87. The third kappa shape index (κ3) is 4.93. The number of rotatable bonds is 7. The van der Waals surface area contributed by atoms with Gasteiger partial charge in [-0.1, -0.05) is 12.8 Å². The molecular formula is C16H24N2O3. The van der Waals surface area contributed by atoms with Crippen molar-refractivity contribution in [2.75, 3.05) is 24.8 Å². The monoisotopic (exact) mass is 292 g/mol. The minimum atomic E-state index is -0.0399. The first-order valence-corrected chi connectivity index (χ1v) is 7.54. The van der Waals surface area contributed by atoms with Gasteiger partial charge in [0.2, 0.25) is 5.91 Å². The van der Waals surface area contributed by atoms with E-state index in [4.69, 9.17) is 15.2 Å². The lowest BCUT2D eigenvalue weighted by Gasteiger charge is -2.11. The third-order valence-corrected chi connectivity index (χ3v) is 3.74. The molecule has 1 amide bonds. The summed E-state index contributed by atoms with van der Waals surface area (Å²) >= 11 is 0. The molecule has 0 heterocycles. The normalized spacial score (nSPS) is 15.1. The molecule has 0 aromatic heterocycles. The Morgan fingerprint density at radius 1 is 1.38 bits per heavy atom. The van der Waals surface area contributed by atoms with Gasteiger partial charge in [0.15, 0.2) is 0 Å².